The SMILES string of the molecule is CC1CCC(CN)(C(=O)N2CCCC(CO)C2)CC1. The fraction of sp³-hybridized carbons (Fsp3) is 0.933. The summed E-state index contributed by atoms with van der Waals surface area (Å²) < 4.78 is 0. The van der Waals surface area contributed by atoms with Crippen molar-refractivity contribution in [2.24, 2.45) is 23.0 Å². The number of nitrogens with zero attached hydrogens (tertiary/aromatic N) is 1. The number of carbonyl (C=O) groups excluding carboxylic acids is 1. The molecule has 19 heavy (non-hydrogen) atoms. The Morgan fingerprint density at radius 2 is 2.05 bits per heavy atom. The molecule has 4 heteroatoms. The van der Waals surface area contributed by atoms with E-state index >= 15 is 0 Å². The van der Waals surface area contributed by atoms with Gasteiger partial charge in [0.25, 0.3) is 0 Å². The Morgan fingerprint density at radius 1 is 1.37 bits per heavy atom. The minimum absolute atomic E-state index is 0.191. The van der Waals surface area contributed by atoms with Crippen molar-refractivity contribution in [2.45, 2.75) is 45.4 Å². The van der Waals surface area contributed by atoms with Gasteiger partial charge in [-0.2, -0.15) is 0 Å². The number of aliphatic hydroxyl groups is 1. The molecule has 1 amide bonds. The van der Waals surface area contributed by atoms with E-state index in [1.54, 1.807) is 0 Å². The van der Waals surface area contributed by atoms with Crippen molar-refractivity contribution in [3.05, 3.63) is 0 Å². The summed E-state index contributed by atoms with van der Waals surface area (Å²) >= 11 is 0. The molecule has 2 aliphatic rings. The molecular weight excluding hydrogens is 240 g/mol. The molecule has 1 unspecified atom stereocenters. The fourth-order valence-electron chi connectivity index (χ4n) is 3.55. The van der Waals surface area contributed by atoms with Crippen LogP contribution in [0.3, 0.4) is 0 Å². The Kier molecular flexibility index (Phi) is 4.85. The Labute approximate surface area is 116 Å². The van der Waals surface area contributed by atoms with Gasteiger partial charge in [0.1, 0.15) is 0 Å². The first kappa shape index (κ1) is 14.8. The summed E-state index contributed by atoms with van der Waals surface area (Å²) in [6.45, 7) is 4.47. The van der Waals surface area contributed by atoms with Crippen LogP contribution in [0.15, 0.2) is 0 Å². The molecule has 1 saturated carbocycles. The van der Waals surface area contributed by atoms with Crippen molar-refractivity contribution in [3.63, 3.8) is 0 Å². The number of aliphatic hydroxyl groups excluding tert-OH is 1. The Morgan fingerprint density at radius 3 is 2.63 bits per heavy atom. The molecule has 1 aliphatic heterocycles. The van der Waals surface area contributed by atoms with Gasteiger partial charge in [-0.05, 0) is 50.4 Å². The van der Waals surface area contributed by atoms with Crippen molar-refractivity contribution in [1.29, 1.82) is 0 Å². The van der Waals surface area contributed by atoms with Crippen LogP contribution in [0.2, 0.25) is 0 Å². The molecule has 1 atom stereocenters. The first-order valence-electron chi connectivity index (χ1n) is 7.71. The van der Waals surface area contributed by atoms with Crippen molar-refractivity contribution < 1.29 is 9.90 Å². The molecule has 2 rings (SSSR count). The van der Waals surface area contributed by atoms with Gasteiger partial charge in [0.2, 0.25) is 5.91 Å². The van der Waals surface area contributed by atoms with Gasteiger partial charge in [0.15, 0.2) is 0 Å². The molecule has 1 saturated heterocycles. The van der Waals surface area contributed by atoms with E-state index < -0.39 is 0 Å². The standard InChI is InChI=1S/C15H28N2O2/c1-12-4-6-15(11-16,7-5-12)14(19)17-8-2-3-13(9-17)10-18/h12-13,18H,2-11,16H2,1H3. The number of hydrogen-bond donors (Lipinski definition) is 2. The summed E-state index contributed by atoms with van der Waals surface area (Å²) in [6.07, 6.45) is 6.13. The summed E-state index contributed by atoms with van der Waals surface area (Å²) in [5.41, 5.74) is 5.65. The molecular formula is C15H28N2O2. The zero-order valence-corrected chi connectivity index (χ0v) is 12.1. The van der Waals surface area contributed by atoms with Gasteiger partial charge in [-0.25, -0.2) is 0 Å². The predicted molar refractivity (Wildman–Crippen MR) is 75.5 cm³/mol. The summed E-state index contributed by atoms with van der Waals surface area (Å²) in [4.78, 5) is 14.8. The highest BCUT2D eigenvalue weighted by molar-refractivity contribution is 5.83. The third-order valence-electron chi connectivity index (χ3n) is 5.14. The number of piperidine rings is 1. The van der Waals surface area contributed by atoms with Crippen molar-refractivity contribution in [3.8, 4) is 0 Å². The normalized spacial score (nSPS) is 36.3. The van der Waals surface area contributed by atoms with Gasteiger partial charge in [-0.3, -0.25) is 4.79 Å². The number of rotatable bonds is 3. The van der Waals surface area contributed by atoms with Gasteiger partial charge in [-0.15, -0.1) is 0 Å². The number of carbonyl (C=O) groups is 1. The molecule has 0 spiro atoms. The average Bonchev–Trinajstić information content (AvgIpc) is 2.48. The average molecular weight is 268 g/mol. The van der Waals surface area contributed by atoms with Gasteiger partial charge in [0, 0.05) is 26.2 Å². The van der Waals surface area contributed by atoms with Crippen LogP contribution in [-0.4, -0.2) is 42.2 Å². The van der Waals surface area contributed by atoms with Crippen LogP contribution in [0.25, 0.3) is 0 Å². The third kappa shape index (κ3) is 3.11. The molecule has 0 aromatic rings. The van der Waals surface area contributed by atoms with E-state index in [-0.39, 0.29) is 23.8 Å². The van der Waals surface area contributed by atoms with Gasteiger partial charge in [-0.1, -0.05) is 6.92 Å². The van der Waals surface area contributed by atoms with E-state index in [9.17, 15) is 9.90 Å². The predicted octanol–water partition coefficient (Wildman–Crippen LogP) is 1.37. The molecule has 110 valence electrons. The fourth-order valence-corrected chi connectivity index (χ4v) is 3.55. The van der Waals surface area contributed by atoms with Crippen molar-refractivity contribution in [1.82, 2.24) is 4.90 Å². The largest absolute Gasteiger partial charge is 0.396 e. The van der Waals surface area contributed by atoms with Crippen LogP contribution in [-0.2, 0) is 4.79 Å². The molecule has 0 radical (unpaired) electrons. The highest BCUT2D eigenvalue weighted by atomic mass is 16.3. The van der Waals surface area contributed by atoms with Crippen LogP contribution in [0.4, 0.5) is 0 Å². The summed E-state index contributed by atoms with van der Waals surface area (Å²) in [5, 5.41) is 9.29. The quantitative estimate of drug-likeness (QED) is 0.812. The van der Waals surface area contributed by atoms with Gasteiger partial charge >= 0.3 is 0 Å². The second kappa shape index (κ2) is 6.23. The molecule has 4 nitrogen and oxygen atoms in total. The smallest absolute Gasteiger partial charge is 0.230 e. The lowest BCUT2D eigenvalue weighted by molar-refractivity contribution is -0.146. The molecule has 0 aromatic carbocycles. The second-order valence-electron chi connectivity index (χ2n) is 6.61. The lowest BCUT2D eigenvalue weighted by Gasteiger charge is -2.43. The molecule has 3 N–H and O–H groups in total. The Bertz CT molecular complexity index is 311. The maximum absolute atomic E-state index is 12.8. The van der Waals surface area contributed by atoms with E-state index in [2.05, 4.69) is 6.92 Å². The third-order valence-corrected chi connectivity index (χ3v) is 5.14. The van der Waals surface area contributed by atoms with Crippen molar-refractivity contribution in [2.75, 3.05) is 26.2 Å². The second-order valence-corrected chi connectivity index (χ2v) is 6.61. The lowest BCUT2D eigenvalue weighted by Crippen LogP contribution is -2.52. The molecule has 0 bridgehead atoms. The maximum Gasteiger partial charge on any atom is 0.230 e. The molecule has 1 aliphatic carbocycles. The first-order valence-corrected chi connectivity index (χ1v) is 7.71. The zero-order chi connectivity index (χ0) is 13.9. The van der Waals surface area contributed by atoms with Gasteiger partial charge < -0.3 is 15.7 Å². The summed E-state index contributed by atoms with van der Waals surface area (Å²) in [7, 11) is 0. The summed E-state index contributed by atoms with van der Waals surface area (Å²) in [6, 6.07) is 0. The minimum atomic E-state index is -0.316. The highest BCUT2D eigenvalue weighted by Crippen LogP contribution is 2.40. The number of likely N-dealkylation sites (tertiary alicyclic amines) is 1. The number of amides is 1. The summed E-state index contributed by atoms with van der Waals surface area (Å²) in [5.74, 6) is 1.23. The topological polar surface area (TPSA) is 66.6 Å². The van der Waals surface area contributed by atoms with Gasteiger partial charge in [0.05, 0.1) is 5.41 Å². The van der Waals surface area contributed by atoms with E-state index in [0.29, 0.717) is 13.1 Å². The molecule has 0 aromatic heterocycles. The number of nitrogens with two attached hydrogens (primary N) is 1. The first-order chi connectivity index (χ1) is 9.11. The highest BCUT2D eigenvalue weighted by Gasteiger charge is 2.43. The van der Waals surface area contributed by atoms with E-state index in [1.807, 2.05) is 4.90 Å². The van der Waals surface area contributed by atoms with Crippen LogP contribution < -0.4 is 5.73 Å². The molecule has 2 fully saturated rings. The lowest BCUT2D eigenvalue weighted by atomic mass is 9.69. The van der Waals surface area contributed by atoms with Crippen molar-refractivity contribution >= 4 is 5.91 Å². The van der Waals surface area contributed by atoms with E-state index in [0.717, 1.165) is 51.0 Å². The Hall–Kier alpha value is -0.610. The van der Waals surface area contributed by atoms with E-state index in [4.69, 9.17) is 5.73 Å². The number of hydrogen-bond acceptors (Lipinski definition) is 3. The zero-order valence-electron chi connectivity index (χ0n) is 12.1. The van der Waals surface area contributed by atoms with Crippen LogP contribution in [0.1, 0.15) is 45.4 Å². The van der Waals surface area contributed by atoms with E-state index in [1.165, 1.54) is 0 Å². The monoisotopic (exact) mass is 268 g/mol. The van der Waals surface area contributed by atoms with Crippen LogP contribution in [0.5, 0.6) is 0 Å². The van der Waals surface area contributed by atoms with Crippen LogP contribution >= 0.6 is 0 Å². The molecule has 1 heterocycles. The minimum Gasteiger partial charge on any atom is -0.396 e. The maximum atomic E-state index is 12.8. The Balaban J connectivity index is 2.03. The van der Waals surface area contributed by atoms with Crippen LogP contribution in [0, 0.1) is 17.3 Å².